The molecule has 0 saturated carbocycles. The van der Waals surface area contributed by atoms with E-state index in [9.17, 15) is 9.59 Å². The van der Waals surface area contributed by atoms with Crippen molar-refractivity contribution in [3.8, 4) is 17.2 Å². The maximum Gasteiger partial charge on any atom is 0.243 e. The maximum atomic E-state index is 14.0. The number of amides is 2. The minimum atomic E-state index is -0.724. The number of carbonyl (C=O) groups is 2. The van der Waals surface area contributed by atoms with Crippen molar-refractivity contribution in [1.82, 2.24) is 10.2 Å². The molecule has 0 aliphatic carbocycles. The van der Waals surface area contributed by atoms with Crippen molar-refractivity contribution < 1.29 is 28.5 Å². The summed E-state index contributed by atoms with van der Waals surface area (Å²) < 4.78 is 21.8. The Bertz CT molecular complexity index is 1240. The lowest BCUT2D eigenvalue weighted by Gasteiger charge is -2.32. The second-order valence-corrected chi connectivity index (χ2v) is 9.82. The van der Waals surface area contributed by atoms with Crippen LogP contribution in [0.15, 0.2) is 72.8 Å². The van der Waals surface area contributed by atoms with Gasteiger partial charge >= 0.3 is 0 Å². The number of nitrogens with one attached hydrogen (secondary N) is 1. The third kappa shape index (κ3) is 7.76. The van der Waals surface area contributed by atoms with Crippen LogP contribution in [0.5, 0.6) is 17.2 Å². The minimum absolute atomic E-state index is 0.00108. The summed E-state index contributed by atoms with van der Waals surface area (Å²) in [5.41, 5.74) is 2.63. The summed E-state index contributed by atoms with van der Waals surface area (Å²) in [7, 11) is 4.75. The Morgan fingerprint density at radius 1 is 0.900 bits per heavy atom. The van der Waals surface area contributed by atoms with Gasteiger partial charge in [-0.15, -0.1) is 0 Å². The third-order valence-corrected chi connectivity index (χ3v) is 7.11. The van der Waals surface area contributed by atoms with E-state index in [1.807, 2.05) is 60.7 Å². The average molecular weight is 547 g/mol. The first-order valence-electron chi connectivity index (χ1n) is 13.6. The minimum Gasteiger partial charge on any atom is -0.497 e. The molecule has 1 heterocycles. The summed E-state index contributed by atoms with van der Waals surface area (Å²) in [6, 6.07) is 22.0. The van der Waals surface area contributed by atoms with Crippen molar-refractivity contribution in [2.45, 2.75) is 44.4 Å². The average Bonchev–Trinajstić information content (AvgIpc) is 3.52. The lowest BCUT2D eigenvalue weighted by Crippen LogP contribution is -2.52. The van der Waals surface area contributed by atoms with E-state index in [1.165, 1.54) is 0 Å². The molecular weight excluding hydrogens is 508 g/mol. The van der Waals surface area contributed by atoms with E-state index in [0.717, 1.165) is 35.3 Å². The van der Waals surface area contributed by atoms with Gasteiger partial charge < -0.3 is 29.2 Å². The summed E-state index contributed by atoms with van der Waals surface area (Å²) in [5.74, 6) is 1.49. The van der Waals surface area contributed by atoms with Gasteiger partial charge in [0.05, 0.1) is 33.9 Å². The molecule has 0 bridgehead atoms. The van der Waals surface area contributed by atoms with Crippen molar-refractivity contribution in [3.63, 3.8) is 0 Å². The summed E-state index contributed by atoms with van der Waals surface area (Å²) in [4.78, 5) is 29.5. The van der Waals surface area contributed by atoms with Crippen molar-refractivity contribution in [2.75, 3.05) is 34.5 Å². The molecule has 2 amide bonds. The molecular formula is C32H38N2O6. The number of hydrogen-bond acceptors (Lipinski definition) is 6. The van der Waals surface area contributed by atoms with Crippen molar-refractivity contribution >= 4 is 11.8 Å². The van der Waals surface area contributed by atoms with Crippen LogP contribution in [0.3, 0.4) is 0 Å². The molecule has 3 aromatic carbocycles. The first kappa shape index (κ1) is 29.0. The molecule has 1 aliphatic heterocycles. The van der Waals surface area contributed by atoms with Crippen molar-refractivity contribution in [2.24, 2.45) is 0 Å². The molecule has 0 aromatic heterocycles. The molecule has 8 nitrogen and oxygen atoms in total. The highest BCUT2D eigenvalue weighted by Gasteiger charge is 2.31. The van der Waals surface area contributed by atoms with Gasteiger partial charge in [0.25, 0.3) is 0 Å². The van der Waals surface area contributed by atoms with Crippen LogP contribution in [0.2, 0.25) is 0 Å². The van der Waals surface area contributed by atoms with Crippen molar-refractivity contribution in [1.29, 1.82) is 0 Å². The molecule has 3 aromatic rings. The van der Waals surface area contributed by atoms with Crippen LogP contribution in [-0.2, 0) is 33.7 Å². The molecule has 1 fully saturated rings. The Kier molecular flexibility index (Phi) is 10.4. The van der Waals surface area contributed by atoms with Gasteiger partial charge in [0.2, 0.25) is 11.8 Å². The highest BCUT2D eigenvalue weighted by Crippen LogP contribution is 2.28. The summed E-state index contributed by atoms with van der Waals surface area (Å²) in [6.45, 7) is 1.40. The fourth-order valence-electron chi connectivity index (χ4n) is 4.89. The molecule has 40 heavy (non-hydrogen) atoms. The fraction of sp³-hybridized carbons (Fsp3) is 0.375. The number of carbonyl (C=O) groups excluding carboxylic acids is 2. The lowest BCUT2D eigenvalue weighted by molar-refractivity contribution is -0.141. The molecule has 0 unspecified atom stereocenters. The van der Waals surface area contributed by atoms with Crippen LogP contribution >= 0.6 is 0 Å². The van der Waals surface area contributed by atoms with Gasteiger partial charge in [-0.2, -0.15) is 0 Å². The maximum absolute atomic E-state index is 14.0. The SMILES string of the molecule is COc1ccc(CN(C(=O)Cc2ccc(OC)c(OC)c2)[C@@H](Cc2ccccc2)C(=O)NC[C@@H]2CCCO2)cc1. The molecule has 212 valence electrons. The van der Waals surface area contributed by atoms with E-state index in [-0.39, 0.29) is 30.9 Å². The fourth-order valence-corrected chi connectivity index (χ4v) is 4.89. The summed E-state index contributed by atoms with van der Waals surface area (Å²) in [6.07, 6.45) is 2.38. The Morgan fingerprint density at radius 3 is 2.27 bits per heavy atom. The van der Waals surface area contributed by atoms with Crippen LogP contribution in [0.1, 0.15) is 29.5 Å². The molecule has 2 atom stereocenters. The Labute approximate surface area is 236 Å². The third-order valence-electron chi connectivity index (χ3n) is 7.11. The standard InChI is InChI=1S/C32H38N2O6/c1-37-26-14-11-24(12-15-26)22-34(31(35)20-25-13-16-29(38-2)30(19-25)39-3)28(18-23-8-5-4-6-9-23)32(36)33-21-27-10-7-17-40-27/h4-6,8-9,11-16,19,27-28H,7,10,17-18,20-22H2,1-3H3,(H,33,36)/t27-,28-/m0/s1. The zero-order chi connectivity index (χ0) is 28.3. The predicted molar refractivity (Wildman–Crippen MR) is 153 cm³/mol. The van der Waals surface area contributed by atoms with Crippen molar-refractivity contribution in [3.05, 3.63) is 89.5 Å². The first-order chi connectivity index (χ1) is 19.5. The normalized spacial score (nSPS) is 15.2. The second-order valence-electron chi connectivity index (χ2n) is 9.82. The second kappa shape index (κ2) is 14.4. The zero-order valence-electron chi connectivity index (χ0n) is 23.4. The number of nitrogens with zero attached hydrogens (tertiary/aromatic N) is 1. The molecule has 1 aliphatic rings. The molecule has 1 N–H and O–H groups in total. The number of benzene rings is 3. The van der Waals surface area contributed by atoms with Gasteiger partial charge in [-0.25, -0.2) is 0 Å². The quantitative estimate of drug-likeness (QED) is 0.346. The van der Waals surface area contributed by atoms with Crippen LogP contribution in [0, 0.1) is 0 Å². The summed E-state index contributed by atoms with van der Waals surface area (Å²) in [5, 5.41) is 3.07. The van der Waals surface area contributed by atoms with Gasteiger partial charge in [0.1, 0.15) is 11.8 Å². The molecule has 0 spiro atoms. The number of methoxy groups -OCH3 is 3. The van der Waals surface area contributed by atoms with Gasteiger partial charge in [-0.3, -0.25) is 9.59 Å². The van der Waals surface area contributed by atoms with E-state index in [1.54, 1.807) is 38.4 Å². The lowest BCUT2D eigenvalue weighted by atomic mass is 10.0. The number of ether oxygens (including phenoxy) is 4. The van der Waals surface area contributed by atoms with Gasteiger partial charge in [0.15, 0.2) is 11.5 Å². The highest BCUT2D eigenvalue weighted by atomic mass is 16.5. The Morgan fingerprint density at radius 2 is 1.62 bits per heavy atom. The molecule has 0 radical (unpaired) electrons. The first-order valence-corrected chi connectivity index (χ1v) is 13.6. The molecule has 8 heteroatoms. The summed E-state index contributed by atoms with van der Waals surface area (Å²) >= 11 is 0. The largest absolute Gasteiger partial charge is 0.497 e. The van der Waals surface area contributed by atoms with Crippen LogP contribution < -0.4 is 19.5 Å². The van der Waals surface area contributed by atoms with E-state index in [2.05, 4.69) is 5.32 Å². The van der Waals surface area contributed by atoms with Gasteiger partial charge in [-0.1, -0.05) is 48.5 Å². The Balaban J connectivity index is 1.64. The predicted octanol–water partition coefficient (Wildman–Crippen LogP) is 4.19. The van der Waals surface area contributed by atoms with Crippen LogP contribution in [-0.4, -0.2) is 63.3 Å². The van der Waals surface area contributed by atoms with E-state index in [0.29, 0.717) is 31.1 Å². The topological polar surface area (TPSA) is 86.3 Å². The highest BCUT2D eigenvalue weighted by molar-refractivity contribution is 5.89. The number of hydrogen-bond donors (Lipinski definition) is 1. The molecule has 1 saturated heterocycles. The van der Waals surface area contributed by atoms with E-state index < -0.39 is 6.04 Å². The molecule has 4 rings (SSSR count). The van der Waals surface area contributed by atoms with Crippen LogP contribution in [0.25, 0.3) is 0 Å². The zero-order valence-corrected chi connectivity index (χ0v) is 23.4. The van der Waals surface area contributed by atoms with Gasteiger partial charge in [0, 0.05) is 26.1 Å². The monoisotopic (exact) mass is 546 g/mol. The van der Waals surface area contributed by atoms with E-state index >= 15 is 0 Å². The van der Waals surface area contributed by atoms with Gasteiger partial charge in [-0.05, 0) is 53.8 Å². The number of rotatable bonds is 13. The van der Waals surface area contributed by atoms with Crippen LogP contribution in [0.4, 0.5) is 0 Å². The van der Waals surface area contributed by atoms with E-state index in [4.69, 9.17) is 18.9 Å². The smallest absolute Gasteiger partial charge is 0.243 e. The Hall–Kier alpha value is -4.04.